The Morgan fingerprint density at radius 1 is 1.40 bits per heavy atom. The number of carbonyl (C=O) groups is 1. The molecule has 1 unspecified atom stereocenters. The highest BCUT2D eigenvalue weighted by molar-refractivity contribution is 5.98. The fourth-order valence-corrected chi connectivity index (χ4v) is 2.58. The van der Waals surface area contributed by atoms with Gasteiger partial charge in [0.25, 0.3) is 0 Å². The maximum Gasteiger partial charge on any atom is 0.243 e. The summed E-state index contributed by atoms with van der Waals surface area (Å²) < 4.78 is 0. The standard InChI is InChI=1S/C16H24N2O.ClH/c1-4-14(17)16(19)18-9-5-6-13-10-12(11(2)3)7-8-15(13)18;/h7-8,10-11,14H,4-6,9,17H2,1-3H3;1H. The smallest absolute Gasteiger partial charge is 0.243 e. The molecule has 2 N–H and O–H groups in total. The van der Waals surface area contributed by atoms with Gasteiger partial charge >= 0.3 is 0 Å². The topological polar surface area (TPSA) is 46.3 Å². The van der Waals surface area contributed by atoms with Gasteiger partial charge in [0, 0.05) is 12.2 Å². The first-order chi connectivity index (χ1) is 9.04. The number of hydrogen-bond donors (Lipinski definition) is 1. The summed E-state index contributed by atoms with van der Waals surface area (Å²) in [6, 6.07) is 6.09. The predicted molar refractivity (Wildman–Crippen MR) is 86.7 cm³/mol. The minimum atomic E-state index is -0.379. The molecule has 1 heterocycles. The summed E-state index contributed by atoms with van der Waals surface area (Å²) in [7, 11) is 0. The maximum atomic E-state index is 12.3. The molecule has 0 saturated carbocycles. The fraction of sp³-hybridized carbons (Fsp3) is 0.562. The lowest BCUT2D eigenvalue weighted by atomic mass is 9.94. The van der Waals surface area contributed by atoms with Gasteiger partial charge in [0.1, 0.15) is 0 Å². The number of benzene rings is 1. The molecule has 0 saturated heterocycles. The summed E-state index contributed by atoms with van der Waals surface area (Å²) in [6.07, 6.45) is 2.77. The molecule has 0 fully saturated rings. The Bertz CT molecular complexity index is 474. The Kier molecular flexibility index (Phi) is 6.03. The monoisotopic (exact) mass is 296 g/mol. The summed E-state index contributed by atoms with van der Waals surface area (Å²) in [5.74, 6) is 0.579. The van der Waals surface area contributed by atoms with E-state index in [-0.39, 0.29) is 24.4 Å². The van der Waals surface area contributed by atoms with Crippen LogP contribution in [-0.2, 0) is 11.2 Å². The molecule has 20 heavy (non-hydrogen) atoms. The largest absolute Gasteiger partial charge is 0.320 e. The van der Waals surface area contributed by atoms with Gasteiger partial charge in [-0.15, -0.1) is 12.4 Å². The minimum absolute atomic E-state index is 0. The highest BCUT2D eigenvalue weighted by Crippen LogP contribution is 2.30. The van der Waals surface area contributed by atoms with E-state index >= 15 is 0 Å². The van der Waals surface area contributed by atoms with E-state index < -0.39 is 0 Å². The van der Waals surface area contributed by atoms with Gasteiger partial charge in [-0.3, -0.25) is 4.79 Å². The van der Waals surface area contributed by atoms with Crippen LogP contribution in [0.5, 0.6) is 0 Å². The number of hydrogen-bond acceptors (Lipinski definition) is 2. The first-order valence-corrected chi connectivity index (χ1v) is 7.24. The van der Waals surface area contributed by atoms with Gasteiger partial charge in [0.15, 0.2) is 0 Å². The summed E-state index contributed by atoms with van der Waals surface area (Å²) in [6.45, 7) is 7.14. The van der Waals surface area contributed by atoms with E-state index in [1.54, 1.807) is 0 Å². The third-order valence-electron chi connectivity index (χ3n) is 3.91. The lowest BCUT2D eigenvalue weighted by Crippen LogP contribution is -2.45. The highest BCUT2D eigenvalue weighted by atomic mass is 35.5. The van der Waals surface area contributed by atoms with Gasteiger partial charge in [-0.05, 0) is 42.4 Å². The van der Waals surface area contributed by atoms with E-state index in [9.17, 15) is 4.79 Å². The fourth-order valence-electron chi connectivity index (χ4n) is 2.58. The predicted octanol–water partition coefficient (Wildman–Crippen LogP) is 3.25. The first-order valence-electron chi connectivity index (χ1n) is 7.24. The number of anilines is 1. The molecule has 0 spiro atoms. The SMILES string of the molecule is CCC(N)C(=O)N1CCCc2cc(C(C)C)ccc21.Cl. The van der Waals surface area contributed by atoms with Gasteiger partial charge in [-0.25, -0.2) is 0 Å². The zero-order chi connectivity index (χ0) is 14.0. The normalized spacial score (nSPS) is 15.6. The van der Waals surface area contributed by atoms with E-state index in [1.807, 2.05) is 11.8 Å². The zero-order valence-corrected chi connectivity index (χ0v) is 13.4. The van der Waals surface area contributed by atoms with Crippen LogP contribution in [-0.4, -0.2) is 18.5 Å². The average molecular weight is 297 g/mol. The summed E-state index contributed by atoms with van der Waals surface area (Å²) in [5, 5.41) is 0. The van der Waals surface area contributed by atoms with Crippen LogP contribution >= 0.6 is 12.4 Å². The molecular weight excluding hydrogens is 272 g/mol. The lowest BCUT2D eigenvalue weighted by molar-refractivity contribution is -0.120. The quantitative estimate of drug-likeness (QED) is 0.930. The number of halogens is 1. The molecule has 112 valence electrons. The maximum absolute atomic E-state index is 12.3. The Morgan fingerprint density at radius 2 is 2.10 bits per heavy atom. The number of fused-ring (bicyclic) bond motifs is 1. The average Bonchev–Trinajstić information content (AvgIpc) is 2.44. The minimum Gasteiger partial charge on any atom is -0.320 e. The van der Waals surface area contributed by atoms with Crippen molar-refractivity contribution in [3.05, 3.63) is 29.3 Å². The van der Waals surface area contributed by atoms with Crippen molar-refractivity contribution in [1.29, 1.82) is 0 Å². The van der Waals surface area contributed by atoms with Gasteiger partial charge in [-0.2, -0.15) is 0 Å². The lowest BCUT2D eigenvalue weighted by Gasteiger charge is -2.31. The molecule has 1 aromatic carbocycles. The van der Waals surface area contributed by atoms with Crippen molar-refractivity contribution in [1.82, 2.24) is 0 Å². The van der Waals surface area contributed by atoms with E-state index in [1.165, 1.54) is 11.1 Å². The number of amides is 1. The zero-order valence-electron chi connectivity index (χ0n) is 12.6. The Hall–Kier alpha value is -1.06. The van der Waals surface area contributed by atoms with E-state index in [2.05, 4.69) is 32.0 Å². The molecule has 1 atom stereocenters. The van der Waals surface area contributed by atoms with Crippen LogP contribution in [0.2, 0.25) is 0 Å². The Morgan fingerprint density at radius 3 is 2.70 bits per heavy atom. The molecule has 0 aromatic heterocycles. The second kappa shape index (κ2) is 7.09. The second-order valence-corrected chi connectivity index (χ2v) is 5.65. The van der Waals surface area contributed by atoms with Crippen molar-refractivity contribution in [2.75, 3.05) is 11.4 Å². The Balaban J connectivity index is 0.00000200. The first kappa shape index (κ1) is 17.0. The summed E-state index contributed by atoms with van der Waals surface area (Å²) >= 11 is 0. The molecule has 3 nitrogen and oxygen atoms in total. The second-order valence-electron chi connectivity index (χ2n) is 5.65. The molecule has 2 rings (SSSR count). The molecule has 1 aliphatic rings. The number of nitrogens with zero attached hydrogens (tertiary/aromatic N) is 1. The molecule has 0 radical (unpaired) electrons. The third-order valence-corrected chi connectivity index (χ3v) is 3.91. The van der Waals surface area contributed by atoms with Crippen LogP contribution < -0.4 is 10.6 Å². The molecule has 1 aliphatic heterocycles. The molecule has 1 aromatic rings. The van der Waals surface area contributed by atoms with Crippen molar-refractivity contribution in [2.24, 2.45) is 5.73 Å². The van der Waals surface area contributed by atoms with Crippen LogP contribution in [0.3, 0.4) is 0 Å². The van der Waals surface area contributed by atoms with Crippen molar-refractivity contribution < 1.29 is 4.79 Å². The van der Waals surface area contributed by atoms with Crippen molar-refractivity contribution >= 4 is 24.0 Å². The molecule has 1 amide bonds. The number of carbonyl (C=O) groups excluding carboxylic acids is 1. The molecule has 0 bridgehead atoms. The van der Waals surface area contributed by atoms with Crippen molar-refractivity contribution in [3.63, 3.8) is 0 Å². The highest BCUT2D eigenvalue weighted by Gasteiger charge is 2.25. The van der Waals surface area contributed by atoms with Gasteiger partial charge in [0.2, 0.25) is 5.91 Å². The summed E-state index contributed by atoms with van der Waals surface area (Å²) in [5.41, 5.74) is 9.58. The molecule has 4 heteroatoms. The van der Waals surface area contributed by atoms with Crippen LogP contribution in [0.15, 0.2) is 18.2 Å². The van der Waals surface area contributed by atoms with Crippen molar-refractivity contribution in [3.8, 4) is 0 Å². The number of rotatable bonds is 3. The summed E-state index contributed by atoms with van der Waals surface area (Å²) in [4.78, 5) is 14.2. The van der Waals surface area contributed by atoms with Gasteiger partial charge in [-0.1, -0.05) is 32.9 Å². The molecule has 0 aliphatic carbocycles. The van der Waals surface area contributed by atoms with E-state index in [0.717, 1.165) is 25.1 Å². The van der Waals surface area contributed by atoms with Crippen LogP contribution in [0.25, 0.3) is 0 Å². The molecular formula is C16H25ClN2O. The third kappa shape index (κ3) is 3.33. The van der Waals surface area contributed by atoms with E-state index in [4.69, 9.17) is 5.73 Å². The Labute approximate surface area is 127 Å². The number of aryl methyl sites for hydroxylation is 1. The van der Waals surface area contributed by atoms with Gasteiger partial charge in [0.05, 0.1) is 6.04 Å². The van der Waals surface area contributed by atoms with Gasteiger partial charge < -0.3 is 10.6 Å². The van der Waals surface area contributed by atoms with E-state index in [0.29, 0.717) is 12.3 Å². The number of nitrogens with two attached hydrogens (primary N) is 1. The van der Waals surface area contributed by atoms with Crippen LogP contribution in [0.4, 0.5) is 5.69 Å². The van der Waals surface area contributed by atoms with Crippen LogP contribution in [0.1, 0.15) is 50.7 Å². The van der Waals surface area contributed by atoms with Crippen molar-refractivity contribution in [2.45, 2.75) is 52.0 Å². The van der Waals surface area contributed by atoms with Crippen LogP contribution in [0, 0.1) is 0 Å².